The molecule has 0 bridgehead atoms. The Morgan fingerprint density at radius 2 is 1.92 bits per heavy atom. The molecule has 3 aromatic rings. The Kier molecular flexibility index (Phi) is 8.01. The molecule has 12 heteroatoms. The summed E-state index contributed by atoms with van der Waals surface area (Å²) >= 11 is 1.54. The molecule has 38 heavy (non-hydrogen) atoms. The van der Waals surface area contributed by atoms with Gasteiger partial charge >= 0.3 is 6.09 Å². The lowest BCUT2D eigenvalue weighted by molar-refractivity contribution is 0.109. The van der Waals surface area contributed by atoms with Crippen molar-refractivity contribution in [2.45, 2.75) is 75.3 Å². The number of sulfonamides is 1. The molecule has 1 amide bonds. The molecular weight excluding hydrogens is 526 g/mol. The van der Waals surface area contributed by atoms with E-state index in [0.717, 1.165) is 48.4 Å². The molecule has 0 unspecified atom stereocenters. The van der Waals surface area contributed by atoms with Crippen molar-refractivity contribution >= 4 is 39.2 Å². The highest BCUT2D eigenvalue weighted by atomic mass is 32.2. The summed E-state index contributed by atoms with van der Waals surface area (Å²) in [6, 6.07) is 5.70. The van der Waals surface area contributed by atoms with Crippen LogP contribution in [0.15, 0.2) is 46.2 Å². The van der Waals surface area contributed by atoms with Crippen LogP contribution in [0.2, 0.25) is 0 Å². The monoisotopic (exact) mass is 559 g/mol. The van der Waals surface area contributed by atoms with Crippen molar-refractivity contribution in [3.63, 3.8) is 0 Å². The Morgan fingerprint density at radius 1 is 1.16 bits per heavy atom. The number of thiazole rings is 1. The quantitative estimate of drug-likeness (QED) is 0.371. The van der Waals surface area contributed by atoms with Crippen LogP contribution in [0.25, 0.3) is 10.4 Å². The summed E-state index contributed by atoms with van der Waals surface area (Å²) in [4.78, 5) is 21.8. The van der Waals surface area contributed by atoms with E-state index < -0.39 is 10.0 Å². The molecule has 1 aliphatic heterocycles. The van der Waals surface area contributed by atoms with Crippen LogP contribution in [-0.4, -0.2) is 54.0 Å². The maximum Gasteiger partial charge on any atom is 0.407 e. The van der Waals surface area contributed by atoms with Gasteiger partial charge in [-0.3, -0.25) is 0 Å². The number of anilines is 2. The molecule has 0 atom stereocenters. The topological polar surface area (TPSA) is 127 Å². The van der Waals surface area contributed by atoms with Crippen LogP contribution < -0.4 is 10.6 Å². The van der Waals surface area contributed by atoms with Gasteiger partial charge in [-0.15, -0.1) is 11.3 Å². The maximum absolute atomic E-state index is 13.7. The molecule has 1 aromatic carbocycles. The SMILES string of the molecule is CC(C)OC(=O)NC1CCC(c2ncc(-c3ccc(Nc4ncco4)cc3S(=O)(=O)N3CCCC3)s2)CC1. The Labute approximate surface area is 226 Å². The van der Waals surface area contributed by atoms with E-state index in [1.807, 2.05) is 26.0 Å². The molecule has 1 saturated heterocycles. The molecule has 204 valence electrons. The van der Waals surface area contributed by atoms with Gasteiger partial charge in [0.1, 0.15) is 6.26 Å². The third-order valence-corrected chi connectivity index (χ3v) is 10.0. The van der Waals surface area contributed by atoms with Gasteiger partial charge < -0.3 is 19.8 Å². The molecule has 10 nitrogen and oxygen atoms in total. The molecule has 0 radical (unpaired) electrons. The lowest BCUT2D eigenvalue weighted by atomic mass is 9.86. The number of oxazole rings is 1. The molecule has 2 aromatic heterocycles. The fourth-order valence-corrected chi connectivity index (χ4v) is 7.93. The van der Waals surface area contributed by atoms with E-state index in [2.05, 4.69) is 15.6 Å². The van der Waals surface area contributed by atoms with Crippen molar-refractivity contribution in [1.29, 1.82) is 0 Å². The summed E-state index contributed by atoms with van der Waals surface area (Å²) in [6.07, 6.45) is 9.47. The predicted molar refractivity (Wildman–Crippen MR) is 145 cm³/mol. The van der Waals surface area contributed by atoms with E-state index in [1.54, 1.807) is 27.9 Å². The number of carbonyl (C=O) groups excluding carboxylic acids is 1. The lowest BCUT2D eigenvalue weighted by Gasteiger charge is -2.28. The van der Waals surface area contributed by atoms with Gasteiger partial charge in [0.15, 0.2) is 0 Å². The maximum atomic E-state index is 13.7. The Bertz CT molecular complexity index is 1340. The average Bonchev–Trinajstić information content (AvgIpc) is 3.67. The van der Waals surface area contributed by atoms with Crippen molar-refractivity contribution < 1.29 is 22.4 Å². The third kappa shape index (κ3) is 6.02. The molecule has 3 heterocycles. The van der Waals surface area contributed by atoms with Gasteiger partial charge in [-0.1, -0.05) is 6.07 Å². The first kappa shape index (κ1) is 26.6. The minimum atomic E-state index is -3.69. The number of aromatic nitrogens is 2. The number of benzene rings is 1. The minimum Gasteiger partial charge on any atom is -0.447 e. The van der Waals surface area contributed by atoms with Gasteiger partial charge in [0.25, 0.3) is 6.01 Å². The summed E-state index contributed by atoms with van der Waals surface area (Å²) in [5.41, 5.74) is 1.23. The largest absolute Gasteiger partial charge is 0.447 e. The fourth-order valence-electron chi connectivity index (χ4n) is 4.99. The summed E-state index contributed by atoms with van der Waals surface area (Å²) in [7, 11) is -3.69. The number of rotatable bonds is 8. The van der Waals surface area contributed by atoms with Crippen molar-refractivity contribution in [3.8, 4) is 10.4 Å². The molecular formula is C26H33N5O5S2. The Hall–Kier alpha value is -2.96. The number of amides is 1. The van der Waals surface area contributed by atoms with Gasteiger partial charge in [0.2, 0.25) is 10.0 Å². The van der Waals surface area contributed by atoms with E-state index in [9.17, 15) is 13.2 Å². The summed E-state index contributed by atoms with van der Waals surface area (Å²) in [6.45, 7) is 4.71. The minimum absolute atomic E-state index is 0.0952. The van der Waals surface area contributed by atoms with E-state index in [-0.39, 0.29) is 29.1 Å². The molecule has 2 N–H and O–H groups in total. The molecule has 2 aliphatic rings. The highest BCUT2D eigenvalue weighted by molar-refractivity contribution is 7.89. The zero-order valence-electron chi connectivity index (χ0n) is 21.6. The van der Waals surface area contributed by atoms with Crippen molar-refractivity contribution in [2.75, 3.05) is 18.4 Å². The zero-order chi connectivity index (χ0) is 26.7. The molecule has 5 rings (SSSR count). The Morgan fingerprint density at radius 3 is 2.61 bits per heavy atom. The summed E-state index contributed by atoms with van der Waals surface area (Å²) in [5, 5.41) is 6.99. The number of carbonyl (C=O) groups is 1. The second kappa shape index (κ2) is 11.4. The lowest BCUT2D eigenvalue weighted by Crippen LogP contribution is -2.38. The van der Waals surface area contributed by atoms with Gasteiger partial charge in [-0.2, -0.15) is 4.31 Å². The predicted octanol–water partition coefficient (Wildman–Crippen LogP) is 5.49. The van der Waals surface area contributed by atoms with Crippen LogP contribution >= 0.6 is 11.3 Å². The number of nitrogens with zero attached hydrogens (tertiary/aromatic N) is 3. The van der Waals surface area contributed by atoms with E-state index in [1.165, 1.54) is 12.5 Å². The first-order valence-electron chi connectivity index (χ1n) is 13.0. The first-order valence-corrected chi connectivity index (χ1v) is 15.3. The molecule has 2 fully saturated rings. The molecule has 1 saturated carbocycles. The molecule has 1 aliphatic carbocycles. The van der Waals surface area contributed by atoms with Crippen LogP contribution in [0.3, 0.4) is 0 Å². The second-order valence-electron chi connectivity index (χ2n) is 9.99. The number of hydrogen-bond donors (Lipinski definition) is 2. The van der Waals surface area contributed by atoms with Crippen molar-refractivity contribution in [3.05, 3.63) is 41.9 Å². The average molecular weight is 560 g/mol. The highest BCUT2D eigenvalue weighted by Gasteiger charge is 2.31. The Balaban J connectivity index is 1.35. The van der Waals surface area contributed by atoms with E-state index in [4.69, 9.17) is 14.1 Å². The van der Waals surface area contributed by atoms with Crippen LogP contribution in [0.5, 0.6) is 0 Å². The van der Waals surface area contributed by atoms with Gasteiger partial charge in [0, 0.05) is 42.5 Å². The second-order valence-corrected chi connectivity index (χ2v) is 13.0. The number of hydrogen-bond acceptors (Lipinski definition) is 9. The van der Waals surface area contributed by atoms with Crippen molar-refractivity contribution in [1.82, 2.24) is 19.6 Å². The smallest absolute Gasteiger partial charge is 0.407 e. The number of alkyl carbamates (subject to hydrolysis) is 1. The first-order chi connectivity index (χ1) is 18.3. The summed E-state index contributed by atoms with van der Waals surface area (Å²) in [5.74, 6) is 0.275. The number of ether oxygens (including phenoxy) is 1. The van der Waals surface area contributed by atoms with Crippen LogP contribution in [0.1, 0.15) is 63.3 Å². The normalized spacial score (nSPS) is 20.5. The van der Waals surface area contributed by atoms with Crippen LogP contribution in [-0.2, 0) is 14.8 Å². The van der Waals surface area contributed by atoms with Crippen LogP contribution in [0, 0.1) is 0 Å². The third-order valence-electron chi connectivity index (χ3n) is 6.88. The molecule has 0 spiro atoms. The van der Waals surface area contributed by atoms with E-state index in [0.29, 0.717) is 30.4 Å². The number of nitrogens with one attached hydrogen (secondary N) is 2. The highest BCUT2D eigenvalue weighted by Crippen LogP contribution is 2.41. The van der Waals surface area contributed by atoms with Gasteiger partial charge in [-0.05, 0) is 64.5 Å². The van der Waals surface area contributed by atoms with Crippen molar-refractivity contribution in [2.24, 2.45) is 0 Å². The van der Waals surface area contributed by atoms with Gasteiger partial charge in [0.05, 0.1) is 27.1 Å². The summed E-state index contributed by atoms with van der Waals surface area (Å²) < 4.78 is 39.4. The van der Waals surface area contributed by atoms with Crippen LogP contribution in [0.4, 0.5) is 16.5 Å². The standard InChI is InChI=1S/C26H33N5O5S2/c1-17(2)36-26(32)30-19-7-5-18(6-8-19)24-28-16-22(37-24)21-10-9-20(29-25-27-11-14-35-25)15-23(21)38(33,34)31-12-3-4-13-31/h9-11,14-19H,3-8,12-13H2,1-2H3,(H,27,29)(H,30,32). The fraction of sp³-hybridized carbons (Fsp3) is 0.500. The van der Waals surface area contributed by atoms with E-state index >= 15 is 0 Å². The zero-order valence-corrected chi connectivity index (χ0v) is 23.2. The van der Waals surface area contributed by atoms with Gasteiger partial charge in [-0.25, -0.2) is 23.2 Å².